The molecule has 1 aliphatic heterocycles. The van der Waals surface area contributed by atoms with Crippen LogP contribution in [0.2, 0.25) is 0 Å². The number of rotatable bonds is 3. The highest BCUT2D eigenvalue weighted by Crippen LogP contribution is 2.28. The summed E-state index contributed by atoms with van der Waals surface area (Å²) in [5.41, 5.74) is 7.15. The normalized spacial score (nSPS) is 23.8. The third-order valence-electron chi connectivity index (χ3n) is 4.38. The quantitative estimate of drug-likeness (QED) is 0.889. The number of aromatic nitrogens is 2. The molecule has 1 aliphatic carbocycles. The van der Waals surface area contributed by atoms with Crippen molar-refractivity contribution in [2.45, 2.75) is 57.2 Å². The molecular formula is C14H24N4. The van der Waals surface area contributed by atoms with Crippen molar-refractivity contribution in [3.63, 3.8) is 0 Å². The number of likely N-dealkylation sites (tertiary alicyclic amines) is 1. The van der Waals surface area contributed by atoms with E-state index in [0.29, 0.717) is 12.1 Å². The highest BCUT2D eigenvalue weighted by Gasteiger charge is 2.19. The van der Waals surface area contributed by atoms with Crippen molar-refractivity contribution in [1.29, 1.82) is 0 Å². The second-order valence-electron chi connectivity index (χ2n) is 5.84. The third kappa shape index (κ3) is 2.75. The van der Waals surface area contributed by atoms with Crippen molar-refractivity contribution in [2.75, 3.05) is 13.1 Å². The lowest BCUT2D eigenvalue weighted by Crippen LogP contribution is -2.39. The van der Waals surface area contributed by atoms with Gasteiger partial charge in [0.15, 0.2) is 0 Å². The van der Waals surface area contributed by atoms with E-state index in [9.17, 15) is 0 Å². The third-order valence-corrected chi connectivity index (χ3v) is 4.38. The molecule has 18 heavy (non-hydrogen) atoms. The summed E-state index contributed by atoms with van der Waals surface area (Å²) in [4.78, 5) is 2.48. The summed E-state index contributed by atoms with van der Waals surface area (Å²) < 4.78 is 2.19. The molecule has 0 aromatic carbocycles. The van der Waals surface area contributed by atoms with Crippen LogP contribution in [-0.2, 0) is 6.54 Å². The fourth-order valence-corrected chi connectivity index (χ4v) is 3.17. The van der Waals surface area contributed by atoms with E-state index in [4.69, 9.17) is 10.8 Å². The van der Waals surface area contributed by atoms with Crippen LogP contribution in [-0.4, -0.2) is 33.8 Å². The van der Waals surface area contributed by atoms with Gasteiger partial charge in [0.2, 0.25) is 0 Å². The molecule has 0 radical (unpaired) electrons. The Labute approximate surface area is 109 Å². The summed E-state index contributed by atoms with van der Waals surface area (Å²) in [6.07, 6.45) is 9.76. The lowest BCUT2D eigenvalue weighted by molar-refractivity contribution is 0.202. The van der Waals surface area contributed by atoms with Crippen LogP contribution in [0, 0.1) is 0 Å². The largest absolute Gasteiger partial charge is 0.328 e. The average molecular weight is 248 g/mol. The molecule has 100 valence electrons. The fourth-order valence-electron chi connectivity index (χ4n) is 3.17. The molecule has 1 saturated carbocycles. The van der Waals surface area contributed by atoms with Gasteiger partial charge >= 0.3 is 0 Å². The fraction of sp³-hybridized carbons (Fsp3) is 0.786. The summed E-state index contributed by atoms with van der Waals surface area (Å²) in [5.74, 6) is 0. The Morgan fingerprint density at radius 2 is 1.89 bits per heavy atom. The summed E-state index contributed by atoms with van der Waals surface area (Å²) in [7, 11) is 0. The smallest absolute Gasteiger partial charge is 0.0764 e. The van der Waals surface area contributed by atoms with E-state index < -0.39 is 0 Å². The van der Waals surface area contributed by atoms with Crippen LogP contribution in [0.4, 0.5) is 0 Å². The molecule has 4 nitrogen and oxygen atoms in total. The van der Waals surface area contributed by atoms with Crippen molar-refractivity contribution >= 4 is 0 Å². The number of nitrogens with zero attached hydrogens (tertiary/aromatic N) is 3. The zero-order chi connectivity index (χ0) is 12.4. The zero-order valence-electron chi connectivity index (χ0n) is 11.1. The van der Waals surface area contributed by atoms with Gasteiger partial charge in [-0.3, -0.25) is 9.58 Å². The van der Waals surface area contributed by atoms with E-state index in [2.05, 4.69) is 21.8 Å². The van der Waals surface area contributed by atoms with Crippen molar-refractivity contribution in [3.8, 4) is 0 Å². The van der Waals surface area contributed by atoms with Gasteiger partial charge in [-0.2, -0.15) is 5.10 Å². The van der Waals surface area contributed by atoms with Gasteiger partial charge in [0, 0.05) is 31.9 Å². The molecule has 0 bridgehead atoms. The second kappa shape index (κ2) is 5.41. The standard InChI is InChI=1S/C14H24N4/c15-12-5-8-17(9-6-12)11-13-7-10-18(16-13)14-3-1-2-4-14/h7,10,12,14H,1-6,8-9,11,15H2. The Morgan fingerprint density at radius 3 is 2.61 bits per heavy atom. The molecule has 0 atom stereocenters. The van der Waals surface area contributed by atoms with Crippen LogP contribution < -0.4 is 5.73 Å². The number of piperidine rings is 1. The Balaban J connectivity index is 1.56. The Hall–Kier alpha value is -0.870. The Morgan fingerprint density at radius 1 is 1.17 bits per heavy atom. The highest BCUT2D eigenvalue weighted by atomic mass is 15.3. The lowest BCUT2D eigenvalue weighted by atomic mass is 10.1. The number of hydrogen-bond donors (Lipinski definition) is 1. The molecule has 4 heteroatoms. The van der Waals surface area contributed by atoms with Crippen LogP contribution in [0.5, 0.6) is 0 Å². The maximum atomic E-state index is 5.93. The van der Waals surface area contributed by atoms with Gasteiger partial charge in [-0.1, -0.05) is 12.8 Å². The van der Waals surface area contributed by atoms with E-state index >= 15 is 0 Å². The second-order valence-corrected chi connectivity index (χ2v) is 5.84. The van der Waals surface area contributed by atoms with Crippen LogP contribution in [0.25, 0.3) is 0 Å². The van der Waals surface area contributed by atoms with Crippen LogP contribution in [0.1, 0.15) is 50.3 Å². The predicted octanol–water partition coefficient (Wildman–Crippen LogP) is 1.92. The summed E-state index contributed by atoms with van der Waals surface area (Å²) in [6.45, 7) is 3.24. The molecule has 0 spiro atoms. The molecule has 1 aromatic rings. The van der Waals surface area contributed by atoms with Crippen molar-refractivity contribution in [1.82, 2.24) is 14.7 Å². The molecular weight excluding hydrogens is 224 g/mol. The molecule has 2 heterocycles. The first kappa shape index (κ1) is 12.2. The topological polar surface area (TPSA) is 47.1 Å². The van der Waals surface area contributed by atoms with E-state index in [-0.39, 0.29) is 0 Å². The monoisotopic (exact) mass is 248 g/mol. The Bertz CT molecular complexity index is 373. The van der Waals surface area contributed by atoms with Gasteiger partial charge in [-0.05, 0) is 31.7 Å². The van der Waals surface area contributed by atoms with Crippen LogP contribution in [0.15, 0.2) is 12.3 Å². The first-order valence-electron chi connectivity index (χ1n) is 7.33. The number of hydrogen-bond acceptors (Lipinski definition) is 3. The minimum Gasteiger partial charge on any atom is -0.328 e. The summed E-state index contributed by atoms with van der Waals surface area (Å²) in [6, 6.07) is 3.26. The maximum Gasteiger partial charge on any atom is 0.0764 e. The zero-order valence-corrected chi connectivity index (χ0v) is 11.1. The molecule has 3 rings (SSSR count). The summed E-state index contributed by atoms with van der Waals surface area (Å²) >= 11 is 0. The van der Waals surface area contributed by atoms with E-state index in [0.717, 1.165) is 32.5 Å². The van der Waals surface area contributed by atoms with Gasteiger partial charge in [0.05, 0.1) is 11.7 Å². The van der Waals surface area contributed by atoms with E-state index in [1.54, 1.807) is 0 Å². The first-order chi connectivity index (χ1) is 8.81. The van der Waals surface area contributed by atoms with Gasteiger partial charge < -0.3 is 5.73 Å². The van der Waals surface area contributed by atoms with E-state index in [1.807, 2.05) is 0 Å². The first-order valence-corrected chi connectivity index (χ1v) is 7.33. The van der Waals surface area contributed by atoms with Crippen molar-refractivity contribution < 1.29 is 0 Å². The van der Waals surface area contributed by atoms with Crippen molar-refractivity contribution in [2.24, 2.45) is 5.73 Å². The molecule has 2 fully saturated rings. The molecule has 0 amide bonds. The average Bonchev–Trinajstić information content (AvgIpc) is 3.02. The Kier molecular flexibility index (Phi) is 3.66. The van der Waals surface area contributed by atoms with Crippen LogP contribution >= 0.6 is 0 Å². The van der Waals surface area contributed by atoms with Crippen LogP contribution in [0.3, 0.4) is 0 Å². The van der Waals surface area contributed by atoms with E-state index in [1.165, 1.54) is 31.4 Å². The van der Waals surface area contributed by atoms with Crippen molar-refractivity contribution in [3.05, 3.63) is 18.0 Å². The van der Waals surface area contributed by atoms with Gasteiger partial charge in [0.25, 0.3) is 0 Å². The number of nitrogens with two attached hydrogens (primary N) is 1. The molecule has 1 saturated heterocycles. The van der Waals surface area contributed by atoms with Gasteiger partial charge in [0.1, 0.15) is 0 Å². The minimum atomic E-state index is 0.414. The minimum absolute atomic E-state index is 0.414. The molecule has 1 aromatic heterocycles. The summed E-state index contributed by atoms with van der Waals surface area (Å²) in [5, 5.41) is 4.75. The SMILES string of the molecule is NC1CCN(Cc2ccn(C3CCCC3)n2)CC1. The highest BCUT2D eigenvalue weighted by molar-refractivity contribution is 5.00. The van der Waals surface area contributed by atoms with Gasteiger partial charge in [-0.25, -0.2) is 0 Å². The molecule has 0 unspecified atom stereocenters. The predicted molar refractivity (Wildman–Crippen MR) is 72.2 cm³/mol. The molecule has 2 N–H and O–H groups in total. The molecule has 2 aliphatic rings. The lowest BCUT2D eigenvalue weighted by Gasteiger charge is -2.29. The maximum absolute atomic E-state index is 5.93. The van der Waals surface area contributed by atoms with Gasteiger partial charge in [-0.15, -0.1) is 0 Å².